The molecule has 0 saturated carbocycles. The van der Waals surface area contributed by atoms with Crippen LogP contribution < -0.4 is 0 Å². The van der Waals surface area contributed by atoms with Crippen molar-refractivity contribution >= 4 is 16.5 Å². The molecular formula is C29H30N8. The third kappa shape index (κ3) is 5.24. The van der Waals surface area contributed by atoms with E-state index in [1.54, 1.807) is 12.3 Å². The molecule has 8 nitrogen and oxygen atoms in total. The molecule has 0 aliphatic rings. The number of nitrogens with one attached hydrogen (secondary N) is 2. The zero-order chi connectivity index (χ0) is 25.8. The van der Waals surface area contributed by atoms with Crippen LogP contribution in [0.2, 0.25) is 0 Å². The molecule has 0 aliphatic carbocycles. The fraction of sp³-hybridized carbons (Fsp3) is 0.207. The summed E-state index contributed by atoms with van der Waals surface area (Å²) in [5.74, 6) is 0.685. The van der Waals surface area contributed by atoms with E-state index in [-0.39, 0.29) is 0 Å². The Balaban J connectivity index is 1.50. The van der Waals surface area contributed by atoms with Gasteiger partial charge in [-0.25, -0.2) is 4.98 Å². The highest BCUT2D eigenvalue weighted by atomic mass is 15.1. The number of H-pyrrole nitrogens is 2. The molecule has 5 aromatic heterocycles. The Hall–Kier alpha value is -4.43. The molecule has 186 valence electrons. The fourth-order valence-electron chi connectivity index (χ4n) is 4.41. The lowest BCUT2D eigenvalue weighted by molar-refractivity contribution is 0.400. The van der Waals surface area contributed by atoms with Gasteiger partial charge in [0.25, 0.3) is 0 Å². The Labute approximate surface area is 216 Å². The molecule has 2 N–H and O–H groups in total. The standard InChI is InChI=1S/C29H30N8/c1-5-8-23(21-10-6-11-30-16-21)27-19(2)33-29(34-27)28-24-14-25(32-18-26(24)35-36-28)22-13-20(15-31-17-22)9-7-12-37(3)4/h5-6,8,10-11,13-18H,1,7,9,12H2,2-4H3,(H,33,34)(H,35,36)/b23-8-. The van der Waals surface area contributed by atoms with Crippen LogP contribution in [0.15, 0.2) is 74.0 Å². The van der Waals surface area contributed by atoms with Crippen LogP contribution in [-0.4, -0.2) is 60.7 Å². The lowest BCUT2D eigenvalue weighted by Crippen LogP contribution is -2.13. The first kappa shape index (κ1) is 24.3. The van der Waals surface area contributed by atoms with Gasteiger partial charge in [-0.2, -0.15) is 5.10 Å². The summed E-state index contributed by atoms with van der Waals surface area (Å²) in [4.78, 5) is 24.0. The molecule has 5 aromatic rings. The number of hydrogen-bond acceptors (Lipinski definition) is 6. The van der Waals surface area contributed by atoms with Crippen molar-refractivity contribution in [2.24, 2.45) is 0 Å². The average molecular weight is 491 g/mol. The van der Waals surface area contributed by atoms with E-state index in [4.69, 9.17) is 4.98 Å². The molecule has 0 saturated heterocycles. The van der Waals surface area contributed by atoms with Crippen LogP contribution >= 0.6 is 0 Å². The summed E-state index contributed by atoms with van der Waals surface area (Å²) >= 11 is 0. The first-order valence-electron chi connectivity index (χ1n) is 12.3. The number of pyridine rings is 3. The van der Waals surface area contributed by atoms with Crippen LogP contribution in [0.4, 0.5) is 0 Å². The van der Waals surface area contributed by atoms with Crippen molar-refractivity contribution in [2.45, 2.75) is 19.8 Å². The van der Waals surface area contributed by atoms with E-state index in [9.17, 15) is 0 Å². The maximum absolute atomic E-state index is 4.94. The van der Waals surface area contributed by atoms with Crippen LogP contribution in [0.5, 0.6) is 0 Å². The van der Waals surface area contributed by atoms with Crippen molar-refractivity contribution in [3.8, 4) is 22.8 Å². The van der Waals surface area contributed by atoms with Gasteiger partial charge in [-0.15, -0.1) is 0 Å². The van der Waals surface area contributed by atoms with E-state index in [1.807, 2.05) is 56.0 Å². The van der Waals surface area contributed by atoms with Gasteiger partial charge in [0.05, 0.1) is 23.1 Å². The molecule has 0 fully saturated rings. The van der Waals surface area contributed by atoms with Crippen molar-refractivity contribution in [3.05, 3.63) is 96.5 Å². The SMILES string of the molecule is C=C/C=C(/c1cccnc1)c1nc(-c2n[nH]c3cnc(-c4cncc(CCCN(C)C)c4)cc23)[nH]c1C. The summed E-state index contributed by atoms with van der Waals surface area (Å²) in [5.41, 5.74) is 8.32. The highest BCUT2D eigenvalue weighted by Crippen LogP contribution is 2.31. The molecule has 0 aromatic carbocycles. The summed E-state index contributed by atoms with van der Waals surface area (Å²) < 4.78 is 0. The van der Waals surface area contributed by atoms with E-state index in [0.717, 1.165) is 69.8 Å². The monoisotopic (exact) mass is 490 g/mol. The maximum Gasteiger partial charge on any atom is 0.159 e. The minimum atomic E-state index is 0.685. The molecule has 5 heterocycles. The highest BCUT2D eigenvalue weighted by molar-refractivity contribution is 5.93. The molecule has 0 radical (unpaired) electrons. The zero-order valence-corrected chi connectivity index (χ0v) is 21.4. The van der Waals surface area contributed by atoms with Crippen LogP contribution in [0, 0.1) is 6.92 Å². The number of aryl methyl sites for hydroxylation is 2. The van der Waals surface area contributed by atoms with E-state index in [1.165, 1.54) is 5.56 Å². The molecule has 0 spiro atoms. The molecule has 0 aliphatic heterocycles. The second-order valence-electron chi connectivity index (χ2n) is 9.29. The number of aromatic nitrogens is 7. The summed E-state index contributed by atoms with van der Waals surface area (Å²) in [5, 5.41) is 8.62. The largest absolute Gasteiger partial charge is 0.340 e. The predicted molar refractivity (Wildman–Crippen MR) is 148 cm³/mol. The summed E-state index contributed by atoms with van der Waals surface area (Å²) in [6, 6.07) is 8.15. The van der Waals surface area contributed by atoms with Crippen LogP contribution in [-0.2, 0) is 6.42 Å². The maximum atomic E-state index is 4.94. The first-order chi connectivity index (χ1) is 18.0. The Morgan fingerprint density at radius 2 is 2.00 bits per heavy atom. The normalized spacial score (nSPS) is 11.9. The first-order valence-corrected chi connectivity index (χ1v) is 12.3. The van der Waals surface area contributed by atoms with Crippen molar-refractivity contribution in [2.75, 3.05) is 20.6 Å². The second kappa shape index (κ2) is 10.7. The van der Waals surface area contributed by atoms with Crippen molar-refractivity contribution in [3.63, 3.8) is 0 Å². The number of imidazole rings is 1. The molecule has 37 heavy (non-hydrogen) atoms. The van der Waals surface area contributed by atoms with E-state index >= 15 is 0 Å². The van der Waals surface area contributed by atoms with Gasteiger partial charge in [0.15, 0.2) is 5.82 Å². The predicted octanol–water partition coefficient (Wildman–Crippen LogP) is 5.23. The van der Waals surface area contributed by atoms with Gasteiger partial charge in [-0.1, -0.05) is 24.8 Å². The molecule has 0 atom stereocenters. The number of hydrogen-bond donors (Lipinski definition) is 2. The van der Waals surface area contributed by atoms with E-state index in [2.05, 4.69) is 61.8 Å². The highest BCUT2D eigenvalue weighted by Gasteiger charge is 2.18. The van der Waals surface area contributed by atoms with E-state index in [0.29, 0.717) is 5.82 Å². The van der Waals surface area contributed by atoms with Gasteiger partial charge in [-0.05, 0) is 64.2 Å². The second-order valence-corrected chi connectivity index (χ2v) is 9.29. The van der Waals surface area contributed by atoms with Crippen molar-refractivity contribution in [1.29, 1.82) is 0 Å². The smallest absolute Gasteiger partial charge is 0.159 e. The molecule has 8 heteroatoms. The van der Waals surface area contributed by atoms with Crippen LogP contribution in [0.25, 0.3) is 39.3 Å². The third-order valence-corrected chi connectivity index (χ3v) is 6.23. The number of allylic oxidation sites excluding steroid dienone is 2. The van der Waals surface area contributed by atoms with Crippen molar-refractivity contribution < 1.29 is 0 Å². The third-order valence-electron chi connectivity index (χ3n) is 6.23. The minimum absolute atomic E-state index is 0.685. The molecular weight excluding hydrogens is 460 g/mol. The van der Waals surface area contributed by atoms with Crippen LogP contribution in [0.3, 0.4) is 0 Å². The average Bonchev–Trinajstić information content (AvgIpc) is 3.50. The van der Waals surface area contributed by atoms with Gasteiger partial charge in [-0.3, -0.25) is 20.1 Å². The van der Waals surface area contributed by atoms with Crippen molar-refractivity contribution in [1.82, 2.24) is 40.0 Å². The number of aromatic amines is 2. The lowest BCUT2D eigenvalue weighted by Gasteiger charge is -2.09. The number of nitrogens with zero attached hydrogens (tertiary/aromatic N) is 6. The lowest BCUT2D eigenvalue weighted by atomic mass is 10.0. The summed E-state index contributed by atoms with van der Waals surface area (Å²) in [6.45, 7) is 6.93. The molecule has 0 amide bonds. The molecule has 5 rings (SSSR count). The minimum Gasteiger partial charge on any atom is -0.340 e. The topological polar surface area (TPSA) is 99.3 Å². The Kier molecular flexibility index (Phi) is 7.00. The Morgan fingerprint density at radius 3 is 2.78 bits per heavy atom. The molecule has 0 unspecified atom stereocenters. The zero-order valence-electron chi connectivity index (χ0n) is 21.4. The summed E-state index contributed by atoms with van der Waals surface area (Å²) in [7, 11) is 4.18. The summed E-state index contributed by atoms with van der Waals surface area (Å²) in [6.07, 6.45) is 15.0. The Morgan fingerprint density at radius 1 is 1.11 bits per heavy atom. The number of rotatable bonds is 9. The fourth-order valence-corrected chi connectivity index (χ4v) is 4.41. The van der Waals surface area contributed by atoms with Gasteiger partial charge < -0.3 is 9.88 Å². The van der Waals surface area contributed by atoms with Gasteiger partial charge in [0, 0.05) is 52.6 Å². The van der Waals surface area contributed by atoms with Gasteiger partial charge >= 0.3 is 0 Å². The number of fused-ring (bicyclic) bond motifs is 1. The van der Waals surface area contributed by atoms with Gasteiger partial charge in [0.1, 0.15) is 5.69 Å². The quantitative estimate of drug-likeness (QED) is 0.275. The van der Waals surface area contributed by atoms with E-state index < -0.39 is 0 Å². The Bertz CT molecular complexity index is 1560. The van der Waals surface area contributed by atoms with Crippen LogP contribution in [0.1, 0.15) is 28.9 Å². The molecule has 0 bridgehead atoms. The van der Waals surface area contributed by atoms with Gasteiger partial charge in [0.2, 0.25) is 0 Å².